The standard InChI is InChI=1S/C14H10BrFN2O/c15-12-5-1-10(2-6-12)9-17-18-14(19)11-3-7-13(16)8-4-11/h1-9H,(H,18,19)/b17-9+. The van der Waals surface area contributed by atoms with E-state index in [1.54, 1.807) is 0 Å². The first-order chi connectivity index (χ1) is 9.15. The van der Waals surface area contributed by atoms with Crippen LogP contribution >= 0.6 is 15.9 Å². The van der Waals surface area contributed by atoms with E-state index >= 15 is 0 Å². The Bertz CT molecular complexity index is 594. The lowest BCUT2D eigenvalue weighted by atomic mass is 10.2. The molecule has 1 N–H and O–H groups in total. The molecule has 2 rings (SSSR count). The van der Waals surface area contributed by atoms with E-state index in [2.05, 4.69) is 26.5 Å². The summed E-state index contributed by atoms with van der Waals surface area (Å²) in [6.07, 6.45) is 1.54. The molecule has 0 spiro atoms. The van der Waals surface area contributed by atoms with E-state index in [1.165, 1.54) is 30.5 Å². The number of nitrogens with zero attached hydrogens (tertiary/aromatic N) is 1. The largest absolute Gasteiger partial charge is 0.271 e. The van der Waals surface area contributed by atoms with Crippen LogP contribution in [0.2, 0.25) is 0 Å². The Hall–Kier alpha value is -2.01. The van der Waals surface area contributed by atoms with Gasteiger partial charge in [-0.3, -0.25) is 4.79 Å². The van der Waals surface area contributed by atoms with Crippen LogP contribution in [0.15, 0.2) is 58.1 Å². The normalized spacial score (nSPS) is 10.6. The quantitative estimate of drug-likeness (QED) is 0.684. The Morgan fingerprint density at radius 1 is 1.11 bits per heavy atom. The molecule has 1 amide bonds. The van der Waals surface area contributed by atoms with E-state index in [-0.39, 0.29) is 11.7 Å². The molecule has 5 heteroatoms. The molecule has 0 aliphatic rings. The van der Waals surface area contributed by atoms with Crippen molar-refractivity contribution in [1.82, 2.24) is 5.43 Å². The fourth-order valence-electron chi connectivity index (χ4n) is 1.38. The van der Waals surface area contributed by atoms with Gasteiger partial charge >= 0.3 is 0 Å². The molecule has 2 aromatic rings. The lowest BCUT2D eigenvalue weighted by Gasteiger charge is -1.99. The van der Waals surface area contributed by atoms with Gasteiger partial charge in [0.05, 0.1) is 6.21 Å². The third-order valence-corrected chi connectivity index (χ3v) is 2.88. The van der Waals surface area contributed by atoms with Gasteiger partial charge in [0.2, 0.25) is 0 Å². The van der Waals surface area contributed by atoms with Gasteiger partial charge in [-0.25, -0.2) is 9.82 Å². The minimum absolute atomic E-state index is 0.356. The molecule has 0 bridgehead atoms. The summed E-state index contributed by atoms with van der Waals surface area (Å²) in [6.45, 7) is 0. The molecule has 19 heavy (non-hydrogen) atoms. The van der Waals surface area contributed by atoms with Crippen molar-refractivity contribution in [3.8, 4) is 0 Å². The van der Waals surface area contributed by atoms with Gasteiger partial charge in [-0.2, -0.15) is 5.10 Å². The number of halogens is 2. The van der Waals surface area contributed by atoms with E-state index in [1.807, 2.05) is 24.3 Å². The lowest BCUT2D eigenvalue weighted by molar-refractivity contribution is 0.0955. The van der Waals surface area contributed by atoms with Crippen molar-refractivity contribution in [3.63, 3.8) is 0 Å². The molecule has 0 aromatic heterocycles. The van der Waals surface area contributed by atoms with Crippen LogP contribution in [0.3, 0.4) is 0 Å². The second-order valence-electron chi connectivity index (χ2n) is 3.76. The molecule has 0 atom stereocenters. The SMILES string of the molecule is O=C(N/N=C/c1ccc(Br)cc1)c1ccc(F)cc1. The Labute approximate surface area is 118 Å². The molecule has 0 fully saturated rings. The predicted octanol–water partition coefficient (Wildman–Crippen LogP) is 3.35. The Kier molecular flexibility index (Phi) is 4.41. The Morgan fingerprint density at radius 3 is 2.37 bits per heavy atom. The number of carbonyl (C=O) groups is 1. The van der Waals surface area contributed by atoms with Gasteiger partial charge in [0.1, 0.15) is 5.82 Å². The number of carbonyl (C=O) groups excluding carboxylic acids is 1. The second-order valence-corrected chi connectivity index (χ2v) is 4.67. The molecular formula is C14H10BrFN2O. The summed E-state index contributed by atoms with van der Waals surface area (Å²) in [5.74, 6) is -0.761. The van der Waals surface area contributed by atoms with Crippen molar-refractivity contribution < 1.29 is 9.18 Å². The van der Waals surface area contributed by atoms with Crippen molar-refractivity contribution >= 4 is 28.1 Å². The highest BCUT2D eigenvalue weighted by atomic mass is 79.9. The van der Waals surface area contributed by atoms with Crippen molar-refractivity contribution in [2.24, 2.45) is 5.10 Å². The van der Waals surface area contributed by atoms with Crippen LogP contribution in [-0.2, 0) is 0 Å². The van der Waals surface area contributed by atoms with Crippen LogP contribution in [0.4, 0.5) is 4.39 Å². The molecular weight excluding hydrogens is 311 g/mol. The molecule has 0 aliphatic heterocycles. The van der Waals surface area contributed by atoms with E-state index in [4.69, 9.17) is 0 Å². The average Bonchev–Trinajstić information content (AvgIpc) is 2.41. The molecule has 0 radical (unpaired) electrons. The van der Waals surface area contributed by atoms with Gasteiger partial charge in [0.25, 0.3) is 5.91 Å². The lowest BCUT2D eigenvalue weighted by Crippen LogP contribution is -2.17. The maximum absolute atomic E-state index is 12.7. The van der Waals surface area contributed by atoms with Gasteiger partial charge < -0.3 is 0 Å². The summed E-state index contributed by atoms with van der Waals surface area (Å²) < 4.78 is 13.7. The predicted molar refractivity (Wildman–Crippen MR) is 75.6 cm³/mol. The molecule has 0 aliphatic carbocycles. The fraction of sp³-hybridized carbons (Fsp3) is 0. The number of rotatable bonds is 3. The number of amides is 1. The van der Waals surface area contributed by atoms with Gasteiger partial charge in [0.15, 0.2) is 0 Å². The average molecular weight is 321 g/mol. The van der Waals surface area contributed by atoms with E-state index in [9.17, 15) is 9.18 Å². The summed E-state index contributed by atoms with van der Waals surface area (Å²) in [4.78, 5) is 11.6. The maximum Gasteiger partial charge on any atom is 0.271 e. The smallest absolute Gasteiger partial charge is 0.267 e. The van der Waals surface area contributed by atoms with Gasteiger partial charge in [-0.15, -0.1) is 0 Å². The van der Waals surface area contributed by atoms with Crippen LogP contribution in [0, 0.1) is 5.82 Å². The Balaban J connectivity index is 1.96. The highest BCUT2D eigenvalue weighted by Gasteiger charge is 2.03. The molecule has 0 heterocycles. The minimum Gasteiger partial charge on any atom is -0.267 e. The first-order valence-electron chi connectivity index (χ1n) is 5.50. The molecule has 2 aromatic carbocycles. The zero-order chi connectivity index (χ0) is 13.7. The van der Waals surface area contributed by atoms with Gasteiger partial charge in [-0.1, -0.05) is 28.1 Å². The summed E-state index contributed by atoms with van der Waals surface area (Å²) in [7, 11) is 0. The molecule has 0 saturated carbocycles. The highest BCUT2D eigenvalue weighted by Crippen LogP contribution is 2.09. The van der Waals surface area contributed by atoms with Crippen molar-refractivity contribution in [2.75, 3.05) is 0 Å². The molecule has 0 unspecified atom stereocenters. The third-order valence-electron chi connectivity index (χ3n) is 2.36. The topological polar surface area (TPSA) is 41.5 Å². The fourth-order valence-corrected chi connectivity index (χ4v) is 1.64. The van der Waals surface area contributed by atoms with Gasteiger partial charge in [-0.05, 0) is 42.0 Å². The maximum atomic E-state index is 12.7. The number of hydrazone groups is 1. The number of hydrogen-bond donors (Lipinski definition) is 1. The molecule has 3 nitrogen and oxygen atoms in total. The van der Waals surface area contributed by atoms with Gasteiger partial charge in [0, 0.05) is 10.0 Å². The summed E-state index contributed by atoms with van der Waals surface area (Å²) in [5.41, 5.74) is 3.60. The van der Waals surface area contributed by atoms with Crippen molar-refractivity contribution in [1.29, 1.82) is 0 Å². The first-order valence-corrected chi connectivity index (χ1v) is 6.29. The minimum atomic E-state index is -0.381. The zero-order valence-electron chi connectivity index (χ0n) is 9.81. The summed E-state index contributed by atoms with van der Waals surface area (Å²) in [6, 6.07) is 12.7. The summed E-state index contributed by atoms with van der Waals surface area (Å²) >= 11 is 3.33. The van der Waals surface area contributed by atoms with Crippen LogP contribution in [0.5, 0.6) is 0 Å². The second kappa shape index (κ2) is 6.24. The summed E-state index contributed by atoms with van der Waals surface area (Å²) in [5, 5.41) is 3.84. The van der Waals surface area contributed by atoms with Crippen LogP contribution in [0.25, 0.3) is 0 Å². The van der Waals surface area contributed by atoms with E-state index < -0.39 is 0 Å². The van der Waals surface area contributed by atoms with Crippen molar-refractivity contribution in [2.45, 2.75) is 0 Å². The van der Waals surface area contributed by atoms with E-state index in [0.29, 0.717) is 5.56 Å². The zero-order valence-corrected chi connectivity index (χ0v) is 11.4. The number of nitrogens with one attached hydrogen (secondary N) is 1. The van der Waals surface area contributed by atoms with Crippen LogP contribution in [0.1, 0.15) is 15.9 Å². The molecule has 96 valence electrons. The van der Waals surface area contributed by atoms with Crippen LogP contribution in [-0.4, -0.2) is 12.1 Å². The Morgan fingerprint density at radius 2 is 1.74 bits per heavy atom. The first kappa shape index (κ1) is 13.4. The monoisotopic (exact) mass is 320 g/mol. The van der Waals surface area contributed by atoms with Crippen LogP contribution < -0.4 is 5.43 Å². The van der Waals surface area contributed by atoms with E-state index in [0.717, 1.165) is 10.0 Å². The van der Waals surface area contributed by atoms with Crippen molar-refractivity contribution in [3.05, 3.63) is 69.9 Å². The number of benzene rings is 2. The number of hydrogen-bond acceptors (Lipinski definition) is 2. The third kappa shape index (κ3) is 3.99. The molecule has 0 saturated heterocycles. The highest BCUT2D eigenvalue weighted by molar-refractivity contribution is 9.10.